The summed E-state index contributed by atoms with van der Waals surface area (Å²) in [5.74, 6) is 2.54. The summed E-state index contributed by atoms with van der Waals surface area (Å²) in [5, 5.41) is 3.09. The molecule has 1 atom stereocenters. The summed E-state index contributed by atoms with van der Waals surface area (Å²) in [6.07, 6.45) is 3.87. The predicted molar refractivity (Wildman–Crippen MR) is 101 cm³/mol. The number of benzene rings is 1. The average Bonchev–Trinajstić information content (AvgIpc) is 3.11. The van der Waals surface area contributed by atoms with Crippen LogP contribution >= 0.6 is 11.8 Å². The molecule has 0 spiro atoms. The third kappa shape index (κ3) is 4.98. The molecule has 2 heterocycles. The van der Waals surface area contributed by atoms with Crippen molar-refractivity contribution in [2.75, 3.05) is 36.5 Å². The molecule has 2 saturated heterocycles. The first-order chi connectivity index (χ1) is 11.7. The van der Waals surface area contributed by atoms with Crippen LogP contribution < -0.4 is 5.32 Å². The molecule has 2 aliphatic heterocycles. The van der Waals surface area contributed by atoms with Crippen LogP contribution in [0.1, 0.15) is 36.8 Å². The van der Waals surface area contributed by atoms with Gasteiger partial charge in [0.2, 0.25) is 5.91 Å². The van der Waals surface area contributed by atoms with Crippen LogP contribution in [0.2, 0.25) is 0 Å². The van der Waals surface area contributed by atoms with Gasteiger partial charge in [0.05, 0.1) is 6.10 Å². The molecule has 4 nitrogen and oxygen atoms in total. The van der Waals surface area contributed by atoms with E-state index in [1.165, 1.54) is 22.6 Å². The molecule has 2 aliphatic rings. The van der Waals surface area contributed by atoms with Crippen LogP contribution in [0.4, 0.5) is 5.69 Å². The minimum atomic E-state index is 0.0973. The van der Waals surface area contributed by atoms with Gasteiger partial charge >= 0.3 is 0 Å². The average molecular weight is 349 g/mol. The Morgan fingerprint density at radius 1 is 1.38 bits per heavy atom. The first-order valence-corrected chi connectivity index (χ1v) is 10.2. The molecule has 0 aliphatic carbocycles. The molecule has 0 radical (unpaired) electrons. The van der Waals surface area contributed by atoms with Crippen molar-refractivity contribution in [2.45, 2.75) is 45.3 Å². The fourth-order valence-corrected chi connectivity index (χ4v) is 4.35. The molecule has 0 aromatic heterocycles. The van der Waals surface area contributed by atoms with Crippen LogP contribution in [0.15, 0.2) is 18.2 Å². The molecular formula is C19H28N2O2S. The van der Waals surface area contributed by atoms with Crippen LogP contribution in [0.25, 0.3) is 0 Å². The number of hydrogen-bond donors (Lipinski definition) is 1. The Morgan fingerprint density at radius 3 is 2.96 bits per heavy atom. The molecule has 0 bridgehead atoms. The number of carbonyl (C=O) groups excluding carboxylic acids is 1. The summed E-state index contributed by atoms with van der Waals surface area (Å²) in [6.45, 7) is 6.25. The van der Waals surface area contributed by atoms with Crippen molar-refractivity contribution in [3.05, 3.63) is 29.3 Å². The maximum Gasteiger partial charge on any atom is 0.224 e. The first kappa shape index (κ1) is 17.8. The van der Waals surface area contributed by atoms with Gasteiger partial charge in [-0.15, -0.1) is 0 Å². The monoisotopic (exact) mass is 348 g/mol. The number of thioether (sulfide) groups is 1. The fourth-order valence-electron chi connectivity index (χ4n) is 3.37. The highest BCUT2D eigenvalue weighted by molar-refractivity contribution is 7.99. The van der Waals surface area contributed by atoms with Gasteiger partial charge in [-0.3, -0.25) is 9.69 Å². The van der Waals surface area contributed by atoms with Gasteiger partial charge in [0.1, 0.15) is 0 Å². The summed E-state index contributed by atoms with van der Waals surface area (Å²) in [5.41, 5.74) is 3.47. The van der Waals surface area contributed by atoms with Crippen LogP contribution in [0.5, 0.6) is 0 Å². The largest absolute Gasteiger partial charge is 0.378 e. The zero-order valence-corrected chi connectivity index (χ0v) is 15.4. The predicted octanol–water partition coefficient (Wildman–Crippen LogP) is 3.44. The highest BCUT2D eigenvalue weighted by atomic mass is 32.2. The Labute approximate surface area is 149 Å². The Morgan fingerprint density at radius 2 is 2.21 bits per heavy atom. The number of anilines is 1. The van der Waals surface area contributed by atoms with Gasteiger partial charge in [0.25, 0.3) is 0 Å². The van der Waals surface area contributed by atoms with E-state index in [1.807, 2.05) is 17.8 Å². The molecular weight excluding hydrogens is 320 g/mol. The molecule has 1 amide bonds. The lowest BCUT2D eigenvalue weighted by Gasteiger charge is -2.27. The van der Waals surface area contributed by atoms with Crippen molar-refractivity contribution >= 4 is 23.4 Å². The Hall–Kier alpha value is -1.04. The van der Waals surface area contributed by atoms with E-state index in [0.29, 0.717) is 6.42 Å². The molecule has 1 aromatic carbocycles. The summed E-state index contributed by atoms with van der Waals surface area (Å²) in [7, 11) is 0. The SMILES string of the molecule is Cc1c(CN2CCSCC2)cccc1NC(=O)CC[C@H]1CCCO1. The van der Waals surface area contributed by atoms with Crippen LogP contribution in [0, 0.1) is 6.92 Å². The Bertz CT molecular complexity index is 552. The van der Waals surface area contributed by atoms with Crippen molar-refractivity contribution in [2.24, 2.45) is 0 Å². The quantitative estimate of drug-likeness (QED) is 0.855. The molecule has 0 unspecified atom stereocenters. The number of nitrogens with zero attached hydrogens (tertiary/aromatic N) is 1. The minimum Gasteiger partial charge on any atom is -0.378 e. The van der Waals surface area contributed by atoms with Gasteiger partial charge in [-0.1, -0.05) is 12.1 Å². The minimum absolute atomic E-state index is 0.0973. The summed E-state index contributed by atoms with van der Waals surface area (Å²) in [4.78, 5) is 14.7. The number of rotatable bonds is 6. The van der Waals surface area contributed by atoms with Gasteiger partial charge < -0.3 is 10.1 Å². The van der Waals surface area contributed by atoms with E-state index < -0.39 is 0 Å². The number of amides is 1. The fraction of sp³-hybridized carbons (Fsp3) is 0.632. The molecule has 5 heteroatoms. The molecule has 1 aromatic rings. The molecule has 1 N–H and O–H groups in total. The number of carbonyl (C=O) groups is 1. The van der Waals surface area contributed by atoms with E-state index in [9.17, 15) is 4.79 Å². The third-order valence-corrected chi connectivity index (χ3v) is 5.88. The highest BCUT2D eigenvalue weighted by Gasteiger charge is 2.17. The van der Waals surface area contributed by atoms with E-state index >= 15 is 0 Å². The zero-order chi connectivity index (χ0) is 16.8. The second-order valence-electron chi connectivity index (χ2n) is 6.70. The lowest BCUT2D eigenvalue weighted by atomic mass is 10.1. The van der Waals surface area contributed by atoms with Crippen LogP contribution in [-0.4, -0.2) is 48.1 Å². The smallest absolute Gasteiger partial charge is 0.224 e. The van der Waals surface area contributed by atoms with Gasteiger partial charge in [-0.2, -0.15) is 11.8 Å². The summed E-state index contributed by atoms with van der Waals surface area (Å²) in [6, 6.07) is 6.24. The first-order valence-electron chi connectivity index (χ1n) is 9.02. The molecule has 132 valence electrons. The van der Waals surface area contributed by atoms with Crippen molar-refractivity contribution in [1.82, 2.24) is 4.90 Å². The van der Waals surface area contributed by atoms with Crippen molar-refractivity contribution in [1.29, 1.82) is 0 Å². The van der Waals surface area contributed by atoms with Gasteiger partial charge in [-0.05, 0) is 43.4 Å². The van der Waals surface area contributed by atoms with Gasteiger partial charge in [0, 0.05) is 49.9 Å². The van der Waals surface area contributed by atoms with E-state index in [4.69, 9.17) is 4.74 Å². The van der Waals surface area contributed by atoms with Gasteiger partial charge in [-0.25, -0.2) is 0 Å². The summed E-state index contributed by atoms with van der Waals surface area (Å²) < 4.78 is 5.59. The maximum absolute atomic E-state index is 12.2. The highest BCUT2D eigenvalue weighted by Crippen LogP contribution is 2.23. The lowest BCUT2D eigenvalue weighted by molar-refractivity contribution is -0.116. The molecule has 2 fully saturated rings. The molecule has 0 saturated carbocycles. The van der Waals surface area contributed by atoms with Crippen molar-refractivity contribution in [3.63, 3.8) is 0 Å². The number of nitrogens with one attached hydrogen (secondary N) is 1. The lowest BCUT2D eigenvalue weighted by Crippen LogP contribution is -2.32. The van der Waals surface area contributed by atoms with Gasteiger partial charge in [0.15, 0.2) is 0 Å². The Balaban J connectivity index is 1.54. The number of ether oxygens (including phenoxy) is 1. The van der Waals surface area contributed by atoms with E-state index in [2.05, 4.69) is 29.3 Å². The van der Waals surface area contributed by atoms with E-state index in [0.717, 1.165) is 51.2 Å². The standard InChI is InChI=1S/C19H28N2O2S/c1-15-16(14-21-9-12-24-13-10-21)4-2-6-18(15)20-19(22)8-7-17-5-3-11-23-17/h2,4,6,17H,3,5,7-14H2,1H3,(H,20,22)/t17-/m1/s1. The normalized spacial score (nSPS) is 21.8. The van der Waals surface area contributed by atoms with E-state index in [-0.39, 0.29) is 12.0 Å². The number of hydrogen-bond acceptors (Lipinski definition) is 4. The maximum atomic E-state index is 12.2. The topological polar surface area (TPSA) is 41.6 Å². The van der Waals surface area contributed by atoms with Crippen molar-refractivity contribution in [3.8, 4) is 0 Å². The molecule has 24 heavy (non-hydrogen) atoms. The van der Waals surface area contributed by atoms with Crippen LogP contribution in [0.3, 0.4) is 0 Å². The second kappa shape index (κ2) is 8.88. The second-order valence-corrected chi connectivity index (χ2v) is 7.92. The third-order valence-electron chi connectivity index (χ3n) is 4.94. The van der Waals surface area contributed by atoms with Crippen molar-refractivity contribution < 1.29 is 9.53 Å². The zero-order valence-electron chi connectivity index (χ0n) is 14.6. The van der Waals surface area contributed by atoms with Crippen LogP contribution in [-0.2, 0) is 16.1 Å². The Kier molecular flexibility index (Phi) is 6.58. The molecule has 3 rings (SSSR count). The van der Waals surface area contributed by atoms with E-state index in [1.54, 1.807) is 0 Å². The summed E-state index contributed by atoms with van der Waals surface area (Å²) >= 11 is 2.03.